The molecular formula is C15H25N3O. The average Bonchev–Trinajstić information content (AvgIpc) is 2.44. The molecule has 1 aliphatic rings. The maximum absolute atomic E-state index is 6.02. The number of ether oxygens (including phenoxy) is 1. The smallest absolute Gasteiger partial charge is 0.124 e. The van der Waals surface area contributed by atoms with Crippen LogP contribution in [0.15, 0.2) is 24.3 Å². The van der Waals surface area contributed by atoms with Crippen molar-refractivity contribution in [3.63, 3.8) is 0 Å². The van der Waals surface area contributed by atoms with Crippen LogP contribution in [-0.4, -0.2) is 56.2 Å². The van der Waals surface area contributed by atoms with Gasteiger partial charge in [0, 0.05) is 38.3 Å². The summed E-state index contributed by atoms with van der Waals surface area (Å²) in [4.78, 5) is 4.83. The first-order valence-corrected chi connectivity index (χ1v) is 7.10. The van der Waals surface area contributed by atoms with Crippen LogP contribution in [0.2, 0.25) is 0 Å². The van der Waals surface area contributed by atoms with Crippen molar-refractivity contribution >= 4 is 0 Å². The van der Waals surface area contributed by atoms with Crippen molar-refractivity contribution in [1.29, 1.82) is 0 Å². The molecule has 0 aromatic heterocycles. The minimum Gasteiger partial charge on any atom is -0.494 e. The highest BCUT2D eigenvalue weighted by Crippen LogP contribution is 2.29. The summed E-state index contributed by atoms with van der Waals surface area (Å²) in [7, 11) is 2.17. The number of piperazine rings is 1. The van der Waals surface area contributed by atoms with E-state index in [4.69, 9.17) is 10.5 Å². The first-order valence-electron chi connectivity index (χ1n) is 7.10. The lowest BCUT2D eigenvalue weighted by Gasteiger charge is -2.38. The molecule has 4 heteroatoms. The highest BCUT2D eigenvalue weighted by atomic mass is 16.5. The second-order valence-electron chi connectivity index (χ2n) is 5.06. The molecule has 1 unspecified atom stereocenters. The number of hydrogen-bond donors (Lipinski definition) is 1. The van der Waals surface area contributed by atoms with E-state index in [-0.39, 0.29) is 6.04 Å². The van der Waals surface area contributed by atoms with Crippen molar-refractivity contribution in [3.8, 4) is 5.75 Å². The molecule has 106 valence electrons. The number of likely N-dealkylation sites (N-methyl/N-ethyl adjacent to an activating group) is 1. The van der Waals surface area contributed by atoms with E-state index in [0.29, 0.717) is 13.2 Å². The molecule has 1 atom stereocenters. The van der Waals surface area contributed by atoms with Gasteiger partial charge in [0.05, 0.1) is 12.6 Å². The molecular weight excluding hydrogens is 238 g/mol. The third kappa shape index (κ3) is 3.47. The van der Waals surface area contributed by atoms with Gasteiger partial charge in [0.2, 0.25) is 0 Å². The van der Waals surface area contributed by atoms with Gasteiger partial charge in [-0.25, -0.2) is 0 Å². The van der Waals surface area contributed by atoms with E-state index in [1.54, 1.807) is 0 Å². The van der Waals surface area contributed by atoms with Crippen molar-refractivity contribution in [2.24, 2.45) is 5.73 Å². The van der Waals surface area contributed by atoms with Gasteiger partial charge in [-0.2, -0.15) is 0 Å². The summed E-state index contributed by atoms with van der Waals surface area (Å²) in [5, 5.41) is 0. The fraction of sp³-hybridized carbons (Fsp3) is 0.600. The van der Waals surface area contributed by atoms with Crippen molar-refractivity contribution < 1.29 is 4.74 Å². The van der Waals surface area contributed by atoms with Gasteiger partial charge in [-0.1, -0.05) is 18.2 Å². The van der Waals surface area contributed by atoms with Crippen LogP contribution < -0.4 is 10.5 Å². The van der Waals surface area contributed by atoms with Crippen LogP contribution in [0.25, 0.3) is 0 Å². The number of nitrogens with zero attached hydrogens (tertiary/aromatic N) is 2. The number of benzene rings is 1. The van der Waals surface area contributed by atoms with E-state index in [0.717, 1.165) is 31.9 Å². The summed E-state index contributed by atoms with van der Waals surface area (Å²) in [6.07, 6.45) is 0. The van der Waals surface area contributed by atoms with Gasteiger partial charge >= 0.3 is 0 Å². The van der Waals surface area contributed by atoms with Gasteiger partial charge < -0.3 is 15.4 Å². The van der Waals surface area contributed by atoms with Gasteiger partial charge in [0.1, 0.15) is 5.75 Å². The Bertz CT molecular complexity index is 389. The summed E-state index contributed by atoms with van der Waals surface area (Å²) < 4.78 is 5.74. The molecule has 4 nitrogen and oxygen atoms in total. The molecule has 2 rings (SSSR count). The van der Waals surface area contributed by atoms with Crippen LogP contribution in [0.5, 0.6) is 5.75 Å². The highest BCUT2D eigenvalue weighted by molar-refractivity contribution is 5.36. The van der Waals surface area contributed by atoms with E-state index >= 15 is 0 Å². The topological polar surface area (TPSA) is 41.7 Å². The SMILES string of the molecule is CCOc1ccccc1C(CN)N1CCN(C)CC1. The normalized spacial score (nSPS) is 19.3. The molecule has 1 saturated heterocycles. The summed E-state index contributed by atoms with van der Waals surface area (Å²) in [6, 6.07) is 8.53. The zero-order chi connectivity index (χ0) is 13.7. The molecule has 2 N–H and O–H groups in total. The van der Waals surface area contributed by atoms with E-state index in [9.17, 15) is 0 Å². The highest BCUT2D eigenvalue weighted by Gasteiger charge is 2.24. The second kappa shape index (κ2) is 6.89. The van der Waals surface area contributed by atoms with Crippen molar-refractivity contribution in [1.82, 2.24) is 9.80 Å². The maximum atomic E-state index is 6.02. The molecule has 1 aliphatic heterocycles. The standard InChI is InChI=1S/C15H25N3O/c1-3-19-15-7-5-4-6-13(15)14(12-16)18-10-8-17(2)9-11-18/h4-7,14H,3,8-12,16H2,1-2H3. The fourth-order valence-corrected chi connectivity index (χ4v) is 2.65. The van der Waals surface area contributed by atoms with E-state index in [2.05, 4.69) is 29.0 Å². The van der Waals surface area contributed by atoms with E-state index in [1.165, 1.54) is 5.56 Å². The third-order valence-electron chi connectivity index (χ3n) is 3.78. The Morgan fingerprint density at radius 3 is 2.53 bits per heavy atom. The van der Waals surface area contributed by atoms with E-state index < -0.39 is 0 Å². The maximum Gasteiger partial charge on any atom is 0.124 e. The van der Waals surface area contributed by atoms with Crippen LogP contribution in [0.4, 0.5) is 0 Å². The molecule has 1 fully saturated rings. The minimum atomic E-state index is 0.261. The van der Waals surface area contributed by atoms with Gasteiger partial charge in [0.15, 0.2) is 0 Å². The van der Waals surface area contributed by atoms with Gasteiger partial charge in [-0.15, -0.1) is 0 Å². The average molecular weight is 263 g/mol. The first kappa shape index (κ1) is 14.3. The zero-order valence-corrected chi connectivity index (χ0v) is 12.0. The summed E-state index contributed by atoms with van der Waals surface area (Å²) in [6.45, 7) is 7.69. The largest absolute Gasteiger partial charge is 0.494 e. The predicted octanol–water partition coefficient (Wildman–Crippen LogP) is 1.33. The lowest BCUT2D eigenvalue weighted by atomic mass is 10.0. The summed E-state index contributed by atoms with van der Waals surface area (Å²) >= 11 is 0. The molecule has 0 amide bonds. The number of hydrogen-bond acceptors (Lipinski definition) is 4. The molecule has 1 aromatic rings. The minimum absolute atomic E-state index is 0.261. The molecule has 0 aliphatic carbocycles. The lowest BCUT2D eigenvalue weighted by molar-refractivity contribution is 0.113. The Labute approximate surface area is 116 Å². The van der Waals surface area contributed by atoms with Crippen molar-refractivity contribution in [2.75, 3.05) is 46.4 Å². The molecule has 0 saturated carbocycles. The van der Waals surface area contributed by atoms with Crippen LogP contribution in [-0.2, 0) is 0 Å². The Hall–Kier alpha value is -1.10. The molecule has 0 spiro atoms. The number of nitrogens with two attached hydrogens (primary N) is 1. The fourth-order valence-electron chi connectivity index (χ4n) is 2.65. The second-order valence-corrected chi connectivity index (χ2v) is 5.06. The van der Waals surface area contributed by atoms with Crippen molar-refractivity contribution in [2.45, 2.75) is 13.0 Å². The Morgan fingerprint density at radius 1 is 1.21 bits per heavy atom. The molecule has 1 aromatic carbocycles. The number of rotatable bonds is 5. The quantitative estimate of drug-likeness (QED) is 0.870. The monoisotopic (exact) mass is 263 g/mol. The molecule has 0 radical (unpaired) electrons. The van der Waals surface area contributed by atoms with Gasteiger partial charge in [0.25, 0.3) is 0 Å². The van der Waals surface area contributed by atoms with Crippen LogP contribution >= 0.6 is 0 Å². The van der Waals surface area contributed by atoms with Gasteiger partial charge in [-0.3, -0.25) is 4.90 Å². The molecule has 19 heavy (non-hydrogen) atoms. The zero-order valence-electron chi connectivity index (χ0n) is 12.0. The van der Waals surface area contributed by atoms with Crippen LogP contribution in [0.1, 0.15) is 18.5 Å². The Morgan fingerprint density at radius 2 is 1.89 bits per heavy atom. The van der Waals surface area contributed by atoms with Crippen LogP contribution in [0.3, 0.4) is 0 Å². The third-order valence-corrected chi connectivity index (χ3v) is 3.78. The van der Waals surface area contributed by atoms with E-state index in [1.807, 2.05) is 19.1 Å². The Kier molecular flexibility index (Phi) is 5.19. The van der Waals surface area contributed by atoms with Crippen molar-refractivity contribution in [3.05, 3.63) is 29.8 Å². The van der Waals surface area contributed by atoms with Gasteiger partial charge in [-0.05, 0) is 20.0 Å². The molecule has 1 heterocycles. The van der Waals surface area contributed by atoms with Crippen LogP contribution in [0, 0.1) is 0 Å². The Balaban J connectivity index is 2.17. The predicted molar refractivity (Wildman–Crippen MR) is 78.5 cm³/mol. The first-order chi connectivity index (χ1) is 9.26. The number of para-hydroxylation sites is 1. The lowest BCUT2D eigenvalue weighted by Crippen LogP contribution is -2.47. The molecule has 0 bridgehead atoms. The summed E-state index contributed by atoms with van der Waals surface area (Å²) in [5.41, 5.74) is 7.24. The summed E-state index contributed by atoms with van der Waals surface area (Å²) in [5.74, 6) is 0.972.